The highest BCUT2D eigenvalue weighted by molar-refractivity contribution is 5.75. The molecule has 0 fully saturated rings. The molecule has 0 aliphatic heterocycles. The van der Waals surface area contributed by atoms with Crippen molar-refractivity contribution in [3.63, 3.8) is 0 Å². The van der Waals surface area contributed by atoms with Gasteiger partial charge in [-0.25, -0.2) is 0 Å². The number of amides is 1. The van der Waals surface area contributed by atoms with E-state index >= 15 is 0 Å². The summed E-state index contributed by atoms with van der Waals surface area (Å²) >= 11 is 0. The van der Waals surface area contributed by atoms with Crippen molar-refractivity contribution in [2.75, 3.05) is 20.1 Å². The molecular formula is C28H54N2O. The van der Waals surface area contributed by atoms with Gasteiger partial charge in [-0.15, -0.1) is 0 Å². The Morgan fingerprint density at radius 3 is 0.806 bits per heavy atom. The zero-order chi connectivity index (χ0) is 25.0. The number of benzene rings is 2. The number of hydrogen-bond donors (Lipinski definition) is 2. The fraction of sp³-hybridized carbons (Fsp3) is 0.536. The molecule has 0 atom stereocenters. The van der Waals surface area contributed by atoms with Crippen molar-refractivity contribution in [2.24, 2.45) is 0 Å². The highest BCUT2D eigenvalue weighted by Crippen LogP contribution is 1.80. The average molecular weight is 435 g/mol. The fourth-order valence-corrected chi connectivity index (χ4v) is 1.09. The van der Waals surface area contributed by atoms with Gasteiger partial charge in [-0.3, -0.25) is 4.79 Å². The van der Waals surface area contributed by atoms with Gasteiger partial charge >= 0.3 is 0 Å². The van der Waals surface area contributed by atoms with Gasteiger partial charge in [0.2, 0.25) is 5.91 Å². The van der Waals surface area contributed by atoms with Crippen LogP contribution in [0.3, 0.4) is 0 Å². The largest absolute Gasteiger partial charge is 0.356 e. The van der Waals surface area contributed by atoms with Gasteiger partial charge in [-0.2, -0.15) is 0 Å². The molecule has 0 bridgehead atoms. The van der Waals surface area contributed by atoms with Crippen LogP contribution in [0.25, 0.3) is 0 Å². The highest BCUT2D eigenvalue weighted by Gasteiger charge is 1.88. The Balaban J connectivity index is -0.0000000883. The molecule has 0 spiro atoms. The van der Waals surface area contributed by atoms with E-state index in [0.29, 0.717) is 6.42 Å². The molecular weight excluding hydrogens is 380 g/mol. The summed E-state index contributed by atoms with van der Waals surface area (Å²) < 4.78 is 0. The zero-order valence-electron chi connectivity index (χ0n) is 22.4. The van der Waals surface area contributed by atoms with Crippen molar-refractivity contribution in [1.29, 1.82) is 0 Å². The van der Waals surface area contributed by atoms with Crippen LogP contribution < -0.4 is 10.6 Å². The van der Waals surface area contributed by atoms with Crippen LogP contribution in [-0.2, 0) is 4.79 Å². The van der Waals surface area contributed by atoms with Crippen LogP contribution in [0.1, 0.15) is 81.6 Å². The third-order valence-corrected chi connectivity index (χ3v) is 2.38. The predicted octanol–water partition coefficient (Wildman–Crippen LogP) is 7.99. The van der Waals surface area contributed by atoms with Crippen molar-refractivity contribution >= 4 is 5.91 Å². The molecule has 182 valence electrons. The average Bonchev–Trinajstić information content (AvgIpc) is 2.85. The van der Waals surface area contributed by atoms with E-state index in [-0.39, 0.29) is 5.91 Å². The summed E-state index contributed by atoms with van der Waals surface area (Å²) in [5, 5.41) is 5.59. The molecule has 0 saturated carbocycles. The molecule has 0 aromatic heterocycles. The number of carbonyl (C=O) groups is 1. The zero-order valence-corrected chi connectivity index (χ0v) is 22.4. The first-order valence-corrected chi connectivity index (χ1v) is 12.0. The van der Waals surface area contributed by atoms with E-state index in [9.17, 15) is 4.79 Å². The lowest BCUT2D eigenvalue weighted by Crippen LogP contribution is -2.20. The molecule has 3 heteroatoms. The molecule has 3 nitrogen and oxygen atoms in total. The van der Waals surface area contributed by atoms with Crippen LogP contribution in [0.4, 0.5) is 0 Å². The molecule has 1 amide bonds. The molecule has 0 aliphatic carbocycles. The van der Waals surface area contributed by atoms with Crippen LogP contribution in [0.5, 0.6) is 0 Å². The number of carbonyl (C=O) groups excluding carboxylic acids is 1. The van der Waals surface area contributed by atoms with Crippen LogP contribution in [0.15, 0.2) is 72.8 Å². The van der Waals surface area contributed by atoms with Gasteiger partial charge in [0.15, 0.2) is 0 Å². The Kier molecular flexibility index (Phi) is 64.7. The molecule has 0 unspecified atom stereocenters. The Hall–Kier alpha value is -2.13. The standard InChI is InChI=1S/2C6H6.C5H11NO.C3H9N.2C3H8.C2H6/c2*1-2-4-6-5-3-1;1-3-5(7)6-4-2;1-3-4-2;2*1-3-2;1-2/h2*1-6H;3-4H2,1-2H3,(H,6,7);4H,3H2,1-2H3;2*3H2,1-2H3;1-2H3. The smallest absolute Gasteiger partial charge is 0.219 e. The van der Waals surface area contributed by atoms with E-state index in [1.165, 1.54) is 12.8 Å². The normalized spacial score (nSPS) is 7.29. The van der Waals surface area contributed by atoms with Gasteiger partial charge in [-0.05, 0) is 20.5 Å². The first-order valence-electron chi connectivity index (χ1n) is 12.0. The summed E-state index contributed by atoms with van der Waals surface area (Å²) in [4.78, 5) is 10.3. The van der Waals surface area contributed by atoms with Crippen molar-refractivity contribution < 1.29 is 4.79 Å². The molecule has 2 aromatic rings. The molecule has 2 rings (SSSR count). The Morgan fingerprint density at radius 2 is 0.742 bits per heavy atom. The number of nitrogens with one attached hydrogen (secondary N) is 2. The fourth-order valence-electron chi connectivity index (χ4n) is 1.09. The van der Waals surface area contributed by atoms with E-state index in [1.54, 1.807) is 0 Å². The summed E-state index contributed by atoms with van der Waals surface area (Å²) in [6.07, 6.45) is 3.09. The van der Waals surface area contributed by atoms with Gasteiger partial charge in [0.05, 0.1) is 0 Å². The second-order valence-electron chi connectivity index (χ2n) is 5.74. The molecule has 0 aliphatic rings. The predicted molar refractivity (Wildman–Crippen MR) is 145 cm³/mol. The van der Waals surface area contributed by atoms with Gasteiger partial charge in [0.25, 0.3) is 0 Å². The first kappa shape index (κ1) is 39.4. The molecule has 31 heavy (non-hydrogen) atoms. The van der Waals surface area contributed by atoms with Gasteiger partial charge in [0.1, 0.15) is 0 Å². The van der Waals surface area contributed by atoms with Crippen LogP contribution in [-0.4, -0.2) is 26.0 Å². The number of hydrogen-bond acceptors (Lipinski definition) is 2. The SMILES string of the molecule is CC.CCC.CCC.CCNC.CCNC(=O)CC.c1ccccc1.c1ccccc1. The maximum absolute atomic E-state index is 10.3. The maximum atomic E-state index is 10.3. The van der Waals surface area contributed by atoms with E-state index < -0.39 is 0 Å². The van der Waals surface area contributed by atoms with Crippen molar-refractivity contribution in [2.45, 2.75) is 81.6 Å². The van der Waals surface area contributed by atoms with Gasteiger partial charge in [-0.1, -0.05) is 141 Å². The maximum Gasteiger partial charge on any atom is 0.219 e. The van der Waals surface area contributed by atoms with Gasteiger partial charge < -0.3 is 10.6 Å². The monoisotopic (exact) mass is 434 g/mol. The first-order chi connectivity index (χ1) is 15.1. The van der Waals surface area contributed by atoms with Gasteiger partial charge in [0, 0.05) is 13.0 Å². The second kappa shape index (κ2) is 51.0. The van der Waals surface area contributed by atoms with Crippen molar-refractivity contribution in [3.8, 4) is 0 Å². The molecule has 0 heterocycles. The Morgan fingerprint density at radius 1 is 0.548 bits per heavy atom. The van der Waals surface area contributed by atoms with E-state index in [2.05, 4.69) is 45.3 Å². The van der Waals surface area contributed by atoms with Crippen LogP contribution in [0, 0.1) is 0 Å². The number of rotatable bonds is 3. The summed E-state index contributed by atoms with van der Waals surface area (Å²) in [7, 11) is 1.93. The van der Waals surface area contributed by atoms with Crippen molar-refractivity contribution in [3.05, 3.63) is 72.8 Å². The quantitative estimate of drug-likeness (QED) is 0.514. The van der Waals surface area contributed by atoms with Crippen molar-refractivity contribution in [1.82, 2.24) is 10.6 Å². The Bertz CT molecular complexity index is 358. The highest BCUT2D eigenvalue weighted by atomic mass is 16.1. The second-order valence-corrected chi connectivity index (χ2v) is 5.74. The molecule has 2 aromatic carbocycles. The minimum Gasteiger partial charge on any atom is -0.356 e. The topological polar surface area (TPSA) is 41.1 Å². The van der Waals surface area contributed by atoms with E-state index in [0.717, 1.165) is 13.1 Å². The minimum atomic E-state index is 0.127. The lowest BCUT2D eigenvalue weighted by atomic mass is 10.4. The summed E-state index contributed by atoms with van der Waals surface area (Å²) in [5.41, 5.74) is 0. The van der Waals surface area contributed by atoms with E-state index in [1.807, 2.05) is 108 Å². The van der Waals surface area contributed by atoms with Crippen LogP contribution >= 0.6 is 0 Å². The summed E-state index contributed by atoms with van der Waals surface area (Å²) in [6.45, 7) is 20.1. The molecule has 0 saturated heterocycles. The minimum absolute atomic E-state index is 0.127. The molecule has 2 N–H and O–H groups in total. The lowest BCUT2D eigenvalue weighted by Gasteiger charge is -1.93. The van der Waals surface area contributed by atoms with Crippen LogP contribution in [0.2, 0.25) is 0 Å². The lowest BCUT2D eigenvalue weighted by molar-refractivity contribution is -0.120. The van der Waals surface area contributed by atoms with E-state index in [4.69, 9.17) is 0 Å². The third-order valence-electron chi connectivity index (χ3n) is 2.38. The molecule has 0 radical (unpaired) electrons. The summed E-state index contributed by atoms with van der Waals surface area (Å²) in [5.74, 6) is 0.127. The Labute approximate surface area is 196 Å². The third kappa shape index (κ3) is 74.1. The summed E-state index contributed by atoms with van der Waals surface area (Å²) in [6, 6.07) is 24.0.